The number of hydrogen-bond acceptors (Lipinski definition) is 1. The first-order valence-electron chi connectivity index (χ1n) is 5.07. The molecule has 2 heteroatoms. The van der Waals surface area contributed by atoms with Crippen molar-refractivity contribution in [1.82, 2.24) is 0 Å². The van der Waals surface area contributed by atoms with Gasteiger partial charge in [0.2, 0.25) is 0 Å². The van der Waals surface area contributed by atoms with Crippen molar-refractivity contribution >= 4 is 5.71 Å². The molecule has 0 bridgehead atoms. The van der Waals surface area contributed by atoms with E-state index in [4.69, 9.17) is 5.41 Å². The highest BCUT2D eigenvalue weighted by atomic mass is 19.1. The van der Waals surface area contributed by atoms with Crippen LogP contribution in [0.1, 0.15) is 37.2 Å². The van der Waals surface area contributed by atoms with E-state index in [0.717, 1.165) is 31.4 Å². The van der Waals surface area contributed by atoms with E-state index in [2.05, 4.69) is 0 Å². The minimum atomic E-state index is -0.169. The van der Waals surface area contributed by atoms with Gasteiger partial charge >= 0.3 is 0 Å². The Morgan fingerprint density at radius 3 is 2.21 bits per heavy atom. The van der Waals surface area contributed by atoms with Crippen LogP contribution in [0.25, 0.3) is 0 Å². The fraction of sp³-hybridized carbons (Fsp3) is 0.417. The summed E-state index contributed by atoms with van der Waals surface area (Å²) in [7, 11) is 0. The lowest BCUT2D eigenvalue weighted by Gasteiger charge is -2.22. The third kappa shape index (κ3) is 2.00. The van der Waals surface area contributed by atoms with Gasteiger partial charge in [-0.15, -0.1) is 0 Å². The van der Waals surface area contributed by atoms with Crippen molar-refractivity contribution in [3.05, 3.63) is 35.6 Å². The van der Waals surface area contributed by atoms with Crippen molar-refractivity contribution in [1.29, 1.82) is 5.41 Å². The molecule has 0 radical (unpaired) electrons. The fourth-order valence-electron chi connectivity index (χ4n) is 2.03. The third-order valence-corrected chi connectivity index (χ3v) is 2.93. The Kier molecular flexibility index (Phi) is 2.62. The highest BCUT2D eigenvalue weighted by Crippen LogP contribution is 2.31. The predicted octanol–water partition coefficient (Wildman–Crippen LogP) is 3.50. The number of benzene rings is 1. The van der Waals surface area contributed by atoms with Gasteiger partial charge in [0.05, 0.1) is 0 Å². The van der Waals surface area contributed by atoms with Crippen molar-refractivity contribution in [2.24, 2.45) is 0 Å². The number of hydrogen-bond donors (Lipinski definition) is 1. The standard InChI is InChI=1S/C12H14FN/c13-11-5-1-9(2-6-11)10-3-7-12(14)8-4-10/h1-2,5-6,10,14H,3-4,7-8H2. The molecule has 1 aromatic rings. The van der Waals surface area contributed by atoms with Crippen LogP contribution in [0, 0.1) is 11.2 Å². The van der Waals surface area contributed by atoms with Gasteiger partial charge in [0.25, 0.3) is 0 Å². The van der Waals surface area contributed by atoms with Crippen molar-refractivity contribution in [3.8, 4) is 0 Å². The third-order valence-electron chi connectivity index (χ3n) is 2.93. The maximum Gasteiger partial charge on any atom is 0.123 e. The Morgan fingerprint density at radius 2 is 1.64 bits per heavy atom. The van der Waals surface area contributed by atoms with Gasteiger partial charge in [0.15, 0.2) is 0 Å². The normalized spacial score (nSPS) is 22.4. The van der Waals surface area contributed by atoms with Crippen LogP contribution >= 0.6 is 0 Å². The Hall–Kier alpha value is -1.18. The zero-order valence-electron chi connectivity index (χ0n) is 8.09. The molecule has 0 aromatic heterocycles. The van der Waals surface area contributed by atoms with E-state index in [1.165, 1.54) is 17.7 Å². The molecule has 0 saturated heterocycles. The molecule has 0 spiro atoms. The second-order valence-electron chi connectivity index (χ2n) is 3.93. The topological polar surface area (TPSA) is 23.9 Å². The quantitative estimate of drug-likeness (QED) is 0.702. The van der Waals surface area contributed by atoms with Crippen LogP contribution in [-0.4, -0.2) is 5.71 Å². The number of halogens is 1. The molecule has 1 N–H and O–H groups in total. The lowest BCUT2D eigenvalue weighted by Crippen LogP contribution is -2.11. The minimum Gasteiger partial charge on any atom is -0.310 e. The summed E-state index contributed by atoms with van der Waals surface area (Å²) in [6.45, 7) is 0. The largest absolute Gasteiger partial charge is 0.310 e. The molecule has 74 valence electrons. The van der Waals surface area contributed by atoms with Crippen molar-refractivity contribution in [2.45, 2.75) is 31.6 Å². The van der Waals surface area contributed by atoms with Crippen LogP contribution in [0.4, 0.5) is 4.39 Å². The summed E-state index contributed by atoms with van der Waals surface area (Å²) < 4.78 is 12.7. The Morgan fingerprint density at radius 1 is 1.07 bits per heavy atom. The van der Waals surface area contributed by atoms with Crippen LogP contribution in [0.3, 0.4) is 0 Å². The molecular weight excluding hydrogens is 177 g/mol. The number of rotatable bonds is 1. The lowest BCUT2D eigenvalue weighted by atomic mass is 9.83. The first-order chi connectivity index (χ1) is 6.75. The summed E-state index contributed by atoms with van der Waals surface area (Å²) in [6, 6.07) is 6.79. The molecule has 1 aliphatic carbocycles. The molecule has 2 rings (SSSR count). The molecular formula is C12H14FN. The van der Waals surface area contributed by atoms with E-state index in [9.17, 15) is 4.39 Å². The van der Waals surface area contributed by atoms with Crippen LogP contribution in [0.15, 0.2) is 24.3 Å². The molecule has 0 amide bonds. The fourth-order valence-corrected chi connectivity index (χ4v) is 2.03. The summed E-state index contributed by atoms with van der Waals surface area (Å²) in [6.07, 6.45) is 3.90. The van der Waals surface area contributed by atoms with Crippen LogP contribution < -0.4 is 0 Å². The molecule has 0 atom stereocenters. The summed E-state index contributed by atoms with van der Waals surface area (Å²) >= 11 is 0. The van der Waals surface area contributed by atoms with Crippen molar-refractivity contribution in [2.75, 3.05) is 0 Å². The van der Waals surface area contributed by atoms with Crippen LogP contribution in [0.2, 0.25) is 0 Å². The molecule has 14 heavy (non-hydrogen) atoms. The maximum absolute atomic E-state index is 12.7. The lowest BCUT2D eigenvalue weighted by molar-refractivity contribution is 0.561. The van der Waals surface area contributed by atoms with Crippen molar-refractivity contribution < 1.29 is 4.39 Å². The summed E-state index contributed by atoms with van der Waals surface area (Å²) in [5.74, 6) is 0.363. The molecule has 1 aliphatic rings. The second kappa shape index (κ2) is 3.91. The van der Waals surface area contributed by atoms with Gasteiger partial charge in [-0.3, -0.25) is 0 Å². The second-order valence-corrected chi connectivity index (χ2v) is 3.93. The van der Waals surface area contributed by atoms with Gasteiger partial charge in [-0.2, -0.15) is 0 Å². The van der Waals surface area contributed by atoms with E-state index in [-0.39, 0.29) is 5.82 Å². The van der Waals surface area contributed by atoms with Crippen molar-refractivity contribution in [3.63, 3.8) is 0 Å². The average Bonchev–Trinajstić information content (AvgIpc) is 2.21. The number of nitrogens with one attached hydrogen (secondary N) is 1. The molecule has 1 aromatic carbocycles. The summed E-state index contributed by atoms with van der Waals surface area (Å²) in [5, 5.41) is 7.52. The Labute approximate surface area is 83.5 Å². The highest BCUT2D eigenvalue weighted by Gasteiger charge is 2.17. The monoisotopic (exact) mass is 191 g/mol. The van der Waals surface area contributed by atoms with Gasteiger partial charge in [-0.25, -0.2) is 4.39 Å². The average molecular weight is 191 g/mol. The summed E-state index contributed by atoms with van der Waals surface area (Å²) in [5.41, 5.74) is 2.09. The van der Waals surface area contributed by atoms with E-state index >= 15 is 0 Å². The Bertz CT molecular complexity index is 319. The van der Waals surface area contributed by atoms with Crippen LogP contribution in [0.5, 0.6) is 0 Å². The highest BCUT2D eigenvalue weighted by molar-refractivity contribution is 5.82. The molecule has 1 fully saturated rings. The first-order valence-corrected chi connectivity index (χ1v) is 5.07. The van der Waals surface area contributed by atoms with Gasteiger partial charge in [-0.05, 0) is 49.3 Å². The Balaban J connectivity index is 2.08. The van der Waals surface area contributed by atoms with E-state index in [1.54, 1.807) is 0 Å². The molecule has 0 unspecified atom stereocenters. The van der Waals surface area contributed by atoms with E-state index in [1.807, 2.05) is 12.1 Å². The van der Waals surface area contributed by atoms with Gasteiger partial charge in [0.1, 0.15) is 5.82 Å². The zero-order valence-corrected chi connectivity index (χ0v) is 8.09. The van der Waals surface area contributed by atoms with Crippen LogP contribution in [-0.2, 0) is 0 Å². The smallest absolute Gasteiger partial charge is 0.123 e. The van der Waals surface area contributed by atoms with Gasteiger partial charge in [0, 0.05) is 5.71 Å². The minimum absolute atomic E-state index is 0.169. The van der Waals surface area contributed by atoms with Gasteiger partial charge in [-0.1, -0.05) is 12.1 Å². The zero-order chi connectivity index (χ0) is 9.97. The SMILES string of the molecule is N=C1CCC(c2ccc(F)cc2)CC1. The molecule has 0 heterocycles. The predicted molar refractivity (Wildman–Crippen MR) is 55.3 cm³/mol. The van der Waals surface area contributed by atoms with E-state index in [0.29, 0.717) is 5.92 Å². The van der Waals surface area contributed by atoms with E-state index < -0.39 is 0 Å². The first kappa shape index (κ1) is 9.38. The maximum atomic E-state index is 12.7. The molecule has 0 aliphatic heterocycles. The molecule has 1 saturated carbocycles. The van der Waals surface area contributed by atoms with Gasteiger partial charge < -0.3 is 5.41 Å². The summed E-state index contributed by atoms with van der Waals surface area (Å²) in [4.78, 5) is 0. The molecule has 1 nitrogen and oxygen atoms in total.